The molecule has 0 aromatic carbocycles. The Morgan fingerprint density at radius 1 is 1.19 bits per heavy atom. The zero-order valence-corrected chi connectivity index (χ0v) is 13.5. The highest BCUT2D eigenvalue weighted by Crippen LogP contribution is 2.60. The summed E-state index contributed by atoms with van der Waals surface area (Å²) >= 11 is 0. The van der Waals surface area contributed by atoms with Gasteiger partial charge in [-0.3, -0.25) is 4.79 Å². The summed E-state index contributed by atoms with van der Waals surface area (Å²) < 4.78 is 0. The van der Waals surface area contributed by atoms with Gasteiger partial charge in [0, 0.05) is 0 Å². The predicted octanol–water partition coefficient (Wildman–Crippen LogP) is 4.85. The van der Waals surface area contributed by atoms with Crippen molar-refractivity contribution >= 4 is 5.78 Å². The fraction of sp³-hybridized carbons (Fsp3) is 0.650. The van der Waals surface area contributed by atoms with Crippen molar-refractivity contribution in [1.29, 1.82) is 0 Å². The fourth-order valence-corrected chi connectivity index (χ4v) is 5.62. The second-order valence-electron chi connectivity index (χ2n) is 8.23. The van der Waals surface area contributed by atoms with Gasteiger partial charge in [0.1, 0.15) is 0 Å². The number of rotatable bonds is 0. The van der Waals surface area contributed by atoms with Crippen molar-refractivity contribution in [3.8, 4) is 0 Å². The Kier molecular flexibility index (Phi) is 2.72. The number of fused-ring (bicyclic) bond motifs is 4. The van der Waals surface area contributed by atoms with Crippen LogP contribution in [0.1, 0.15) is 52.9 Å². The van der Waals surface area contributed by atoms with E-state index in [0.717, 1.165) is 18.3 Å². The minimum absolute atomic E-state index is 0.194. The van der Waals surface area contributed by atoms with E-state index < -0.39 is 0 Å². The number of ketones is 1. The first-order valence-corrected chi connectivity index (χ1v) is 8.60. The summed E-state index contributed by atoms with van der Waals surface area (Å²) in [7, 11) is 0. The van der Waals surface area contributed by atoms with Crippen molar-refractivity contribution in [2.24, 2.45) is 28.6 Å². The highest BCUT2D eigenvalue weighted by Gasteiger charge is 2.52. The van der Waals surface area contributed by atoms with Gasteiger partial charge in [-0.2, -0.15) is 0 Å². The molecule has 0 aromatic heterocycles. The number of hydrogen-bond donors (Lipinski definition) is 0. The average molecular weight is 282 g/mol. The monoisotopic (exact) mass is 282 g/mol. The third-order valence-corrected chi connectivity index (χ3v) is 7.07. The SMILES string of the molecule is CC1C=C[C@@]2(C)C(CCC3=C4C=CC(=O)[C@@]4(C)CCC32)C1. The minimum atomic E-state index is -0.194. The Morgan fingerprint density at radius 3 is 2.81 bits per heavy atom. The third-order valence-electron chi connectivity index (χ3n) is 7.07. The molecule has 0 N–H and O–H groups in total. The van der Waals surface area contributed by atoms with Crippen LogP contribution < -0.4 is 0 Å². The number of hydrogen-bond acceptors (Lipinski definition) is 1. The molecule has 0 amide bonds. The number of carbonyl (C=O) groups is 1. The summed E-state index contributed by atoms with van der Waals surface area (Å²) in [5, 5.41) is 0. The van der Waals surface area contributed by atoms with Gasteiger partial charge in [0.25, 0.3) is 0 Å². The van der Waals surface area contributed by atoms with Gasteiger partial charge < -0.3 is 0 Å². The van der Waals surface area contributed by atoms with E-state index in [1.807, 2.05) is 6.08 Å². The molecule has 5 atom stereocenters. The Bertz CT molecular complexity index is 593. The molecule has 4 aliphatic rings. The van der Waals surface area contributed by atoms with E-state index in [4.69, 9.17) is 0 Å². The molecule has 1 saturated carbocycles. The lowest BCUT2D eigenvalue weighted by Gasteiger charge is -2.53. The first-order valence-electron chi connectivity index (χ1n) is 8.60. The quantitative estimate of drug-likeness (QED) is 0.580. The molecule has 1 nitrogen and oxygen atoms in total. The van der Waals surface area contributed by atoms with E-state index in [9.17, 15) is 4.79 Å². The summed E-state index contributed by atoms with van der Waals surface area (Å²) in [6, 6.07) is 0. The molecular formula is C20H26O. The normalized spacial score (nSPS) is 48.1. The molecule has 4 rings (SSSR count). The summed E-state index contributed by atoms with van der Waals surface area (Å²) in [4.78, 5) is 12.3. The van der Waals surface area contributed by atoms with Crippen LogP contribution in [0.25, 0.3) is 0 Å². The van der Waals surface area contributed by atoms with Crippen molar-refractivity contribution in [2.45, 2.75) is 52.9 Å². The van der Waals surface area contributed by atoms with Crippen LogP contribution in [0.3, 0.4) is 0 Å². The van der Waals surface area contributed by atoms with E-state index in [0.29, 0.717) is 17.1 Å². The van der Waals surface area contributed by atoms with Gasteiger partial charge in [-0.25, -0.2) is 0 Å². The molecule has 3 unspecified atom stereocenters. The maximum Gasteiger partial charge on any atom is 0.165 e. The molecule has 0 aromatic rings. The van der Waals surface area contributed by atoms with E-state index in [2.05, 4.69) is 39.0 Å². The summed E-state index contributed by atoms with van der Waals surface area (Å²) in [6.45, 7) is 7.00. The largest absolute Gasteiger partial charge is 0.294 e. The standard InChI is InChI=1S/C20H26O/c1-13-8-10-19(2)14(12-13)4-5-15-16-6-7-18(21)20(16,3)11-9-17(15)19/h6-8,10,13-14,17H,4-5,9,11-12H2,1-3H3/t13?,14?,17?,19-,20-/m0/s1. The maximum absolute atomic E-state index is 12.3. The summed E-state index contributed by atoms with van der Waals surface area (Å²) in [5.74, 6) is 2.57. The molecule has 0 bridgehead atoms. The van der Waals surface area contributed by atoms with E-state index in [1.54, 1.807) is 5.57 Å². The van der Waals surface area contributed by atoms with E-state index in [-0.39, 0.29) is 5.41 Å². The van der Waals surface area contributed by atoms with Crippen LogP contribution >= 0.6 is 0 Å². The van der Waals surface area contributed by atoms with Crippen LogP contribution in [-0.2, 0) is 4.79 Å². The second-order valence-corrected chi connectivity index (χ2v) is 8.23. The molecule has 1 heteroatoms. The van der Waals surface area contributed by atoms with Gasteiger partial charge >= 0.3 is 0 Å². The van der Waals surface area contributed by atoms with E-state index >= 15 is 0 Å². The van der Waals surface area contributed by atoms with Crippen LogP contribution in [0, 0.1) is 28.6 Å². The van der Waals surface area contributed by atoms with Crippen LogP contribution in [-0.4, -0.2) is 5.78 Å². The Morgan fingerprint density at radius 2 is 2.00 bits per heavy atom. The van der Waals surface area contributed by atoms with Gasteiger partial charge in [0.05, 0.1) is 5.41 Å². The summed E-state index contributed by atoms with van der Waals surface area (Å²) in [6.07, 6.45) is 15.0. The topological polar surface area (TPSA) is 17.1 Å². The molecule has 0 saturated heterocycles. The first kappa shape index (κ1) is 13.5. The van der Waals surface area contributed by atoms with E-state index in [1.165, 1.54) is 31.3 Å². The minimum Gasteiger partial charge on any atom is -0.294 e. The fourth-order valence-electron chi connectivity index (χ4n) is 5.62. The van der Waals surface area contributed by atoms with Crippen molar-refractivity contribution in [3.05, 3.63) is 35.5 Å². The average Bonchev–Trinajstić information content (AvgIpc) is 2.76. The Labute approximate surface area is 128 Å². The summed E-state index contributed by atoms with van der Waals surface area (Å²) in [5.41, 5.74) is 3.13. The third kappa shape index (κ3) is 1.67. The molecule has 0 aliphatic heterocycles. The highest BCUT2D eigenvalue weighted by atomic mass is 16.1. The maximum atomic E-state index is 12.3. The van der Waals surface area contributed by atoms with Crippen LogP contribution in [0.4, 0.5) is 0 Å². The van der Waals surface area contributed by atoms with Gasteiger partial charge in [-0.1, -0.05) is 37.6 Å². The Balaban J connectivity index is 1.81. The second kappa shape index (κ2) is 4.21. The molecule has 4 aliphatic carbocycles. The lowest BCUT2D eigenvalue weighted by Crippen LogP contribution is -2.45. The molecule has 0 radical (unpaired) electrons. The van der Waals surface area contributed by atoms with Crippen LogP contribution in [0.5, 0.6) is 0 Å². The predicted molar refractivity (Wildman–Crippen MR) is 85.8 cm³/mol. The van der Waals surface area contributed by atoms with Gasteiger partial charge in [0.15, 0.2) is 5.78 Å². The van der Waals surface area contributed by atoms with Gasteiger partial charge in [-0.05, 0) is 73.8 Å². The van der Waals surface area contributed by atoms with Crippen LogP contribution in [0.15, 0.2) is 35.5 Å². The van der Waals surface area contributed by atoms with Crippen molar-refractivity contribution in [1.82, 2.24) is 0 Å². The molecule has 21 heavy (non-hydrogen) atoms. The van der Waals surface area contributed by atoms with Crippen molar-refractivity contribution in [3.63, 3.8) is 0 Å². The lowest BCUT2D eigenvalue weighted by molar-refractivity contribution is -0.121. The molecule has 1 fully saturated rings. The number of carbonyl (C=O) groups excluding carboxylic acids is 1. The number of allylic oxidation sites excluding steroid dienone is 6. The smallest absolute Gasteiger partial charge is 0.165 e. The lowest BCUT2D eigenvalue weighted by atomic mass is 9.50. The molecule has 112 valence electrons. The van der Waals surface area contributed by atoms with Crippen molar-refractivity contribution in [2.75, 3.05) is 0 Å². The Hall–Kier alpha value is -1.11. The first-order chi connectivity index (χ1) is 9.95. The van der Waals surface area contributed by atoms with Crippen molar-refractivity contribution < 1.29 is 4.79 Å². The zero-order chi connectivity index (χ0) is 14.8. The van der Waals surface area contributed by atoms with Gasteiger partial charge in [0.2, 0.25) is 0 Å². The van der Waals surface area contributed by atoms with Crippen LogP contribution in [0.2, 0.25) is 0 Å². The zero-order valence-electron chi connectivity index (χ0n) is 13.5. The highest BCUT2D eigenvalue weighted by molar-refractivity contribution is 6.01. The molecular weight excluding hydrogens is 256 g/mol. The molecule has 0 spiro atoms. The molecule has 0 heterocycles. The van der Waals surface area contributed by atoms with Gasteiger partial charge in [-0.15, -0.1) is 0 Å².